The third-order valence-electron chi connectivity index (χ3n) is 3.39. The molecule has 0 spiro atoms. The van der Waals surface area contributed by atoms with E-state index in [1.807, 2.05) is 13.8 Å². The molecule has 7 nitrogen and oxygen atoms in total. The number of carbonyl (C=O) groups is 1. The number of anilines is 1. The van der Waals surface area contributed by atoms with Crippen molar-refractivity contribution in [1.29, 1.82) is 0 Å². The molecule has 2 rings (SSSR count). The molecule has 18 heavy (non-hydrogen) atoms. The third kappa shape index (κ3) is 2.05. The summed E-state index contributed by atoms with van der Waals surface area (Å²) in [6, 6.07) is 0. The van der Waals surface area contributed by atoms with Crippen molar-refractivity contribution < 1.29 is 4.79 Å². The van der Waals surface area contributed by atoms with Crippen LogP contribution in [0, 0.1) is 11.3 Å². The van der Waals surface area contributed by atoms with Gasteiger partial charge in [0, 0.05) is 27.1 Å². The molecular weight excluding hydrogens is 234 g/mol. The van der Waals surface area contributed by atoms with Crippen LogP contribution in [0.15, 0.2) is 4.79 Å². The second-order valence-corrected chi connectivity index (χ2v) is 5.51. The predicted molar refractivity (Wildman–Crippen MR) is 69.3 cm³/mol. The fraction of sp³-hybridized carbons (Fsp3) is 0.727. The zero-order valence-corrected chi connectivity index (χ0v) is 11.6. The van der Waals surface area contributed by atoms with Crippen molar-refractivity contribution in [3.63, 3.8) is 0 Å². The molecule has 1 aromatic heterocycles. The van der Waals surface area contributed by atoms with Gasteiger partial charge < -0.3 is 11.1 Å². The molecule has 0 radical (unpaired) electrons. The molecule has 1 atom stereocenters. The van der Waals surface area contributed by atoms with Crippen molar-refractivity contribution in [2.45, 2.75) is 20.3 Å². The van der Waals surface area contributed by atoms with E-state index in [4.69, 9.17) is 0 Å². The van der Waals surface area contributed by atoms with E-state index in [9.17, 15) is 9.59 Å². The number of nitrogens with zero attached hydrogens (tertiary/aromatic N) is 4. The van der Waals surface area contributed by atoms with Gasteiger partial charge in [-0.3, -0.25) is 4.79 Å². The Hall–Kier alpha value is -1.63. The van der Waals surface area contributed by atoms with Crippen LogP contribution in [0.1, 0.15) is 25.1 Å². The van der Waals surface area contributed by atoms with Gasteiger partial charge in [0.1, 0.15) is 0 Å². The van der Waals surface area contributed by atoms with E-state index in [1.165, 1.54) is 4.68 Å². The van der Waals surface area contributed by atoms with Crippen molar-refractivity contribution >= 4 is 11.9 Å². The molecule has 1 unspecified atom stereocenters. The Morgan fingerprint density at radius 3 is 2.28 bits per heavy atom. The first-order valence-electron chi connectivity index (χ1n) is 5.63. The van der Waals surface area contributed by atoms with Crippen LogP contribution in [0.25, 0.3) is 0 Å². The van der Waals surface area contributed by atoms with Gasteiger partial charge in [-0.2, -0.15) is 9.67 Å². The zero-order valence-electron chi connectivity index (χ0n) is 11.6. The van der Waals surface area contributed by atoms with Crippen molar-refractivity contribution in [3.8, 4) is 0 Å². The Labute approximate surface area is 106 Å². The van der Waals surface area contributed by atoms with E-state index in [1.54, 1.807) is 26.0 Å². The topological polar surface area (TPSA) is 95.1 Å². The highest BCUT2D eigenvalue weighted by Crippen LogP contribution is 2.52. The lowest BCUT2D eigenvalue weighted by molar-refractivity contribution is 0.0834. The maximum Gasteiger partial charge on any atom is 0.373 e. The Balaban J connectivity index is 0.00000162. The first kappa shape index (κ1) is 14.4. The Morgan fingerprint density at radius 1 is 1.44 bits per heavy atom. The minimum absolute atomic E-state index is 0. The molecule has 1 saturated carbocycles. The minimum atomic E-state index is -0.496. The number of rotatable bonds is 2. The van der Waals surface area contributed by atoms with Crippen LogP contribution in [0.4, 0.5) is 5.95 Å². The highest BCUT2D eigenvalue weighted by atomic mass is 16.2. The molecule has 1 fully saturated rings. The van der Waals surface area contributed by atoms with Gasteiger partial charge in [0.05, 0.1) is 0 Å². The van der Waals surface area contributed by atoms with Gasteiger partial charge >= 0.3 is 5.69 Å². The quantitative estimate of drug-likeness (QED) is 0.830. The molecule has 1 heterocycles. The van der Waals surface area contributed by atoms with Crippen LogP contribution in [-0.2, 0) is 7.05 Å². The van der Waals surface area contributed by atoms with Gasteiger partial charge in [-0.1, -0.05) is 13.8 Å². The Bertz CT molecular complexity index is 526. The van der Waals surface area contributed by atoms with Crippen LogP contribution in [-0.4, -0.2) is 34.4 Å². The maximum absolute atomic E-state index is 12.2. The molecule has 0 amide bonds. The number of hydrogen-bond donors (Lipinski definition) is 1. The van der Waals surface area contributed by atoms with E-state index in [0.29, 0.717) is 5.95 Å². The summed E-state index contributed by atoms with van der Waals surface area (Å²) in [5.41, 5.74) is -0.483. The van der Waals surface area contributed by atoms with Crippen molar-refractivity contribution in [2.24, 2.45) is 18.4 Å². The monoisotopic (exact) mass is 255 g/mol. The average molecular weight is 255 g/mol. The fourth-order valence-electron chi connectivity index (χ4n) is 2.09. The molecular formula is C11H21N5O2. The summed E-state index contributed by atoms with van der Waals surface area (Å²) in [5.74, 6) is 0.274. The lowest BCUT2D eigenvalue weighted by Gasteiger charge is -2.12. The minimum Gasteiger partial charge on any atom is -0.347 e. The van der Waals surface area contributed by atoms with Crippen molar-refractivity contribution in [2.75, 3.05) is 19.0 Å². The molecule has 3 N–H and O–H groups in total. The molecule has 1 aliphatic rings. The first-order valence-corrected chi connectivity index (χ1v) is 5.63. The van der Waals surface area contributed by atoms with Crippen LogP contribution < -0.4 is 16.7 Å². The summed E-state index contributed by atoms with van der Waals surface area (Å²) < 4.78 is 2.65. The third-order valence-corrected chi connectivity index (χ3v) is 3.39. The Morgan fingerprint density at radius 2 is 1.94 bits per heavy atom. The van der Waals surface area contributed by atoms with Crippen molar-refractivity contribution in [1.82, 2.24) is 20.5 Å². The van der Waals surface area contributed by atoms with Gasteiger partial charge in [-0.25, -0.2) is 9.48 Å². The second-order valence-electron chi connectivity index (χ2n) is 5.51. The van der Waals surface area contributed by atoms with Gasteiger partial charge in [-0.05, 0) is 11.8 Å². The van der Waals surface area contributed by atoms with Gasteiger partial charge in [0.2, 0.25) is 5.95 Å². The summed E-state index contributed by atoms with van der Waals surface area (Å²) in [7, 11) is 5.26. The summed E-state index contributed by atoms with van der Waals surface area (Å²) in [6.45, 7) is 4.06. The van der Waals surface area contributed by atoms with E-state index in [0.717, 1.165) is 11.1 Å². The first-order chi connectivity index (χ1) is 7.75. The number of carbonyl (C=O) groups excluding carboxylic acids is 1. The summed E-state index contributed by atoms with van der Waals surface area (Å²) in [5, 5.41) is 0. The van der Waals surface area contributed by atoms with Crippen LogP contribution in [0.5, 0.6) is 0 Å². The molecule has 102 valence electrons. The van der Waals surface area contributed by atoms with E-state index in [-0.39, 0.29) is 23.4 Å². The largest absolute Gasteiger partial charge is 0.373 e. The summed E-state index contributed by atoms with van der Waals surface area (Å²) in [4.78, 5) is 29.5. The number of hydrogen-bond acceptors (Lipinski definition) is 5. The van der Waals surface area contributed by atoms with Crippen molar-refractivity contribution in [3.05, 3.63) is 10.5 Å². The fourth-order valence-corrected chi connectivity index (χ4v) is 2.09. The number of aromatic nitrogens is 3. The van der Waals surface area contributed by atoms with Crippen LogP contribution >= 0.6 is 0 Å². The maximum atomic E-state index is 12.2. The lowest BCUT2D eigenvalue weighted by Crippen LogP contribution is -2.31. The molecule has 1 aliphatic carbocycles. The SMILES string of the molecule is CN(C)c1nc(=O)n(C(=O)C2CC2(C)C)n1C.N. The lowest BCUT2D eigenvalue weighted by atomic mass is 10.1. The molecule has 0 bridgehead atoms. The second kappa shape index (κ2) is 4.24. The molecule has 0 aromatic carbocycles. The van der Waals surface area contributed by atoms with Gasteiger partial charge in [0.25, 0.3) is 5.91 Å². The predicted octanol–water partition coefficient (Wildman–Crippen LogP) is 0.496. The highest BCUT2D eigenvalue weighted by molar-refractivity contribution is 5.84. The van der Waals surface area contributed by atoms with Crippen LogP contribution in [0.2, 0.25) is 0 Å². The molecule has 7 heteroatoms. The van der Waals surface area contributed by atoms with E-state index in [2.05, 4.69) is 4.98 Å². The standard InChI is InChI=1S/C11H18N4O2.H3N/c1-11(2)6-7(11)8(16)15-10(17)12-9(13(3)4)14(15)5;/h7H,6H2,1-5H3;1H3. The zero-order chi connectivity index (χ0) is 13.0. The van der Waals surface area contributed by atoms with E-state index >= 15 is 0 Å². The van der Waals surface area contributed by atoms with Gasteiger partial charge in [0.15, 0.2) is 0 Å². The molecule has 0 aliphatic heterocycles. The summed E-state index contributed by atoms with van der Waals surface area (Å²) in [6.07, 6.45) is 0.834. The highest BCUT2D eigenvalue weighted by Gasteiger charge is 2.52. The smallest absolute Gasteiger partial charge is 0.347 e. The van der Waals surface area contributed by atoms with Gasteiger partial charge in [-0.15, -0.1) is 0 Å². The normalized spacial score (nSPS) is 20.2. The van der Waals surface area contributed by atoms with E-state index < -0.39 is 5.69 Å². The summed E-state index contributed by atoms with van der Waals surface area (Å²) >= 11 is 0. The molecule has 0 saturated heterocycles. The molecule has 1 aromatic rings. The Kier molecular flexibility index (Phi) is 3.40. The average Bonchev–Trinajstić information content (AvgIpc) is 2.72. The van der Waals surface area contributed by atoms with Crippen LogP contribution in [0.3, 0.4) is 0 Å².